The van der Waals surface area contributed by atoms with Crippen molar-refractivity contribution in [2.75, 3.05) is 33.1 Å². The average Bonchev–Trinajstić information content (AvgIpc) is 2.28. The molecule has 0 amide bonds. The largest absolute Gasteiger partial charge is 0.383 e. The lowest BCUT2D eigenvalue weighted by molar-refractivity contribution is 0.150. The van der Waals surface area contributed by atoms with Gasteiger partial charge in [0.1, 0.15) is 0 Å². The maximum atomic E-state index is 11.4. The second-order valence-corrected chi connectivity index (χ2v) is 6.65. The van der Waals surface area contributed by atoms with Crippen LogP contribution in [0, 0.1) is 0 Å². The molecular weight excluding hydrogens is 240 g/mol. The lowest BCUT2D eigenvalue weighted by Gasteiger charge is -2.33. The van der Waals surface area contributed by atoms with Gasteiger partial charge in [0.2, 0.25) is 10.0 Å². The molecule has 6 heteroatoms. The summed E-state index contributed by atoms with van der Waals surface area (Å²) >= 11 is 0. The molecule has 102 valence electrons. The molecule has 1 fully saturated rings. The van der Waals surface area contributed by atoms with Crippen molar-refractivity contribution in [2.45, 2.75) is 38.3 Å². The van der Waals surface area contributed by atoms with Crippen molar-refractivity contribution in [3.63, 3.8) is 0 Å². The van der Waals surface area contributed by atoms with Crippen molar-refractivity contribution in [3.8, 4) is 0 Å². The second kappa shape index (κ2) is 6.68. The number of sulfonamides is 1. The molecule has 0 aliphatic carbocycles. The minimum atomic E-state index is -3.01. The zero-order chi connectivity index (χ0) is 12.9. The summed E-state index contributed by atoms with van der Waals surface area (Å²) < 4.78 is 29.4. The monoisotopic (exact) mass is 264 g/mol. The Bertz CT molecular complexity index is 311. The molecule has 0 spiro atoms. The molecule has 1 heterocycles. The van der Waals surface area contributed by atoms with E-state index in [1.165, 1.54) is 6.26 Å². The fraction of sp³-hybridized carbons (Fsp3) is 1.00. The van der Waals surface area contributed by atoms with Gasteiger partial charge >= 0.3 is 0 Å². The fourth-order valence-corrected chi connectivity index (χ4v) is 3.05. The molecule has 0 radical (unpaired) electrons. The number of methoxy groups -OCH3 is 1. The van der Waals surface area contributed by atoms with Crippen LogP contribution in [-0.2, 0) is 14.8 Å². The van der Waals surface area contributed by atoms with Gasteiger partial charge in [-0.05, 0) is 19.3 Å². The van der Waals surface area contributed by atoms with Crippen LogP contribution >= 0.6 is 0 Å². The summed E-state index contributed by atoms with van der Waals surface area (Å²) in [6.45, 7) is 4.09. The van der Waals surface area contributed by atoms with Crippen LogP contribution in [0.3, 0.4) is 0 Å². The predicted molar refractivity (Wildman–Crippen MR) is 68.5 cm³/mol. The van der Waals surface area contributed by atoms with Crippen molar-refractivity contribution in [2.24, 2.45) is 0 Å². The Hall–Kier alpha value is -0.170. The first-order valence-electron chi connectivity index (χ1n) is 6.17. The highest BCUT2D eigenvalue weighted by Crippen LogP contribution is 2.14. The second-order valence-electron chi connectivity index (χ2n) is 4.66. The Morgan fingerprint density at radius 3 is 2.41 bits per heavy atom. The van der Waals surface area contributed by atoms with Crippen LogP contribution in [0.2, 0.25) is 0 Å². The first-order valence-corrected chi connectivity index (χ1v) is 8.02. The molecule has 1 rings (SSSR count). The highest BCUT2D eigenvalue weighted by atomic mass is 32.2. The summed E-state index contributed by atoms with van der Waals surface area (Å²) in [4.78, 5) is 0. The first-order chi connectivity index (χ1) is 7.97. The number of rotatable bonds is 6. The topological polar surface area (TPSA) is 58.6 Å². The van der Waals surface area contributed by atoms with E-state index in [4.69, 9.17) is 4.74 Å². The lowest BCUT2D eigenvalue weighted by atomic mass is 10.0. The Kier molecular flexibility index (Phi) is 5.85. The Morgan fingerprint density at radius 1 is 1.41 bits per heavy atom. The normalized spacial score (nSPS) is 21.6. The SMILES string of the molecule is CCC(COC)NC1CCN(S(C)(=O)=O)CC1. The van der Waals surface area contributed by atoms with Crippen molar-refractivity contribution in [1.29, 1.82) is 0 Å². The molecule has 1 aliphatic rings. The van der Waals surface area contributed by atoms with Crippen LogP contribution in [0.4, 0.5) is 0 Å². The minimum Gasteiger partial charge on any atom is -0.383 e. The lowest BCUT2D eigenvalue weighted by Crippen LogP contribution is -2.48. The standard InChI is InChI=1S/C11H24N2O3S/c1-4-10(9-16-2)12-11-5-7-13(8-6-11)17(3,14)15/h10-12H,4-9H2,1-3H3. The van der Waals surface area contributed by atoms with Gasteiger partial charge in [-0.2, -0.15) is 0 Å². The molecule has 5 nitrogen and oxygen atoms in total. The van der Waals surface area contributed by atoms with E-state index >= 15 is 0 Å². The zero-order valence-electron chi connectivity index (χ0n) is 11.0. The number of nitrogens with one attached hydrogen (secondary N) is 1. The molecule has 1 saturated heterocycles. The fourth-order valence-electron chi connectivity index (χ4n) is 2.17. The van der Waals surface area contributed by atoms with Gasteiger partial charge in [-0.1, -0.05) is 6.92 Å². The van der Waals surface area contributed by atoms with Gasteiger partial charge in [0, 0.05) is 32.3 Å². The molecule has 17 heavy (non-hydrogen) atoms. The summed E-state index contributed by atoms with van der Waals surface area (Å²) in [5.41, 5.74) is 0. The molecule has 0 saturated carbocycles. The molecule has 0 aromatic carbocycles. The van der Waals surface area contributed by atoms with E-state index in [0.29, 0.717) is 31.8 Å². The summed E-state index contributed by atoms with van der Waals surface area (Å²) in [5, 5.41) is 3.53. The predicted octanol–water partition coefficient (Wildman–Crippen LogP) is 0.425. The van der Waals surface area contributed by atoms with Crippen LogP contribution < -0.4 is 5.32 Å². The van der Waals surface area contributed by atoms with Crippen molar-refractivity contribution >= 4 is 10.0 Å². The molecule has 0 aromatic heterocycles. The van der Waals surface area contributed by atoms with Gasteiger partial charge in [-0.15, -0.1) is 0 Å². The average molecular weight is 264 g/mol. The van der Waals surface area contributed by atoms with Gasteiger partial charge < -0.3 is 10.1 Å². The third kappa shape index (κ3) is 4.91. The van der Waals surface area contributed by atoms with Gasteiger partial charge in [0.25, 0.3) is 0 Å². The molecule has 1 aliphatic heterocycles. The molecule has 0 bridgehead atoms. The number of hydrogen-bond acceptors (Lipinski definition) is 4. The first kappa shape index (κ1) is 14.9. The quantitative estimate of drug-likeness (QED) is 0.755. The van der Waals surface area contributed by atoms with E-state index < -0.39 is 10.0 Å². The third-order valence-electron chi connectivity index (χ3n) is 3.25. The summed E-state index contributed by atoms with van der Waals surface area (Å²) in [6.07, 6.45) is 4.07. The minimum absolute atomic E-state index is 0.370. The number of piperidine rings is 1. The highest BCUT2D eigenvalue weighted by molar-refractivity contribution is 7.88. The summed E-state index contributed by atoms with van der Waals surface area (Å²) in [5.74, 6) is 0. The van der Waals surface area contributed by atoms with E-state index in [2.05, 4.69) is 12.2 Å². The van der Waals surface area contributed by atoms with Crippen LogP contribution in [0.25, 0.3) is 0 Å². The van der Waals surface area contributed by atoms with Gasteiger partial charge in [0.05, 0.1) is 12.9 Å². The summed E-state index contributed by atoms with van der Waals surface area (Å²) in [7, 11) is -1.31. The number of hydrogen-bond donors (Lipinski definition) is 1. The molecule has 0 aromatic rings. The number of ether oxygens (including phenoxy) is 1. The van der Waals surface area contributed by atoms with Crippen LogP contribution in [0.1, 0.15) is 26.2 Å². The zero-order valence-corrected chi connectivity index (χ0v) is 11.8. The Labute approximate surface area is 105 Å². The summed E-state index contributed by atoms with van der Waals surface area (Å²) in [6, 6.07) is 0.780. The van der Waals surface area contributed by atoms with E-state index in [9.17, 15) is 8.42 Å². The van der Waals surface area contributed by atoms with Crippen molar-refractivity contribution < 1.29 is 13.2 Å². The van der Waals surface area contributed by atoms with Gasteiger partial charge in [0.15, 0.2) is 0 Å². The van der Waals surface area contributed by atoms with E-state index in [1.54, 1.807) is 11.4 Å². The van der Waals surface area contributed by atoms with Crippen LogP contribution in [-0.4, -0.2) is 57.9 Å². The van der Waals surface area contributed by atoms with E-state index in [-0.39, 0.29) is 0 Å². The van der Waals surface area contributed by atoms with Crippen molar-refractivity contribution in [3.05, 3.63) is 0 Å². The third-order valence-corrected chi connectivity index (χ3v) is 4.56. The van der Waals surface area contributed by atoms with Crippen LogP contribution in [0.5, 0.6) is 0 Å². The Balaban J connectivity index is 2.36. The van der Waals surface area contributed by atoms with Gasteiger partial charge in [-0.3, -0.25) is 0 Å². The molecular formula is C11H24N2O3S. The number of nitrogens with zero attached hydrogens (tertiary/aromatic N) is 1. The highest BCUT2D eigenvalue weighted by Gasteiger charge is 2.25. The molecule has 1 unspecified atom stereocenters. The Morgan fingerprint density at radius 2 is 2.00 bits per heavy atom. The van der Waals surface area contributed by atoms with Crippen LogP contribution in [0.15, 0.2) is 0 Å². The van der Waals surface area contributed by atoms with E-state index in [0.717, 1.165) is 19.3 Å². The maximum Gasteiger partial charge on any atom is 0.211 e. The van der Waals surface area contributed by atoms with Gasteiger partial charge in [-0.25, -0.2) is 12.7 Å². The maximum absolute atomic E-state index is 11.4. The smallest absolute Gasteiger partial charge is 0.211 e. The molecule has 1 atom stereocenters. The van der Waals surface area contributed by atoms with E-state index in [1.807, 2.05) is 0 Å². The van der Waals surface area contributed by atoms with Crippen molar-refractivity contribution in [1.82, 2.24) is 9.62 Å². The molecule has 1 N–H and O–H groups in total.